The minimum Gasteiger partial charge on any atom is -0.496 e. The van der Waals surface area contributed by atoms with Crippen molar-refractivity contribution in [1.29, 1.82) is 0 Å². The zero-order valence-electron chi connectivity index (χ0n) is 16.8. The summed E-state index contributed by atoms with van der Waals surface area (Å²) in [5, 5.41) is 3.11. The first-order valence-corrected chi connectivity index (χ1v) is 9.36. The lowest BCUT2D eigenvalue weighted by atomic mass is 10.0. The van der Waals surface area contributed by atoms with Gasteiger partial charge in [0.15, 0.2) is 0 Å². The van der Waals surface area contributed by atoms with Crippen LogP contribution in [0, 0.1) is 20.8 Å². The minimum absolute atomic E-state index is 0.230. The molecule has 1 fully saturated rings. The number of carbonyl (C=O) groups is 1. The summed E-state index contributed by atoms with van der Waals surface area (Å²) >= 11 is 0. The van der Waals surface area contributed by atoms with Gasteiger partial charge in [0.1, 0.15) is 17.1 Å². The molecule has 1 aliphatic heterocycles. The predicted octanol–water partition coefficient (Wildman–Crippen LogP) is 4.48. The summed E-state index contributed by atoms with van der Waals surface area (Å²) in [5.74, 6) is 0.759. The van der Waals surface area contributed by atoms with Crippen molar-refractivity contribution in [2.75, 3.05) is 37.5 Å². The standard InChI is InChI=1S/C22H28N2O3/c1-14-13-15(2)21(24-11-6-7-12-24)16(3)20(14)23-22(25)19-17(26-4)9-8-10-18(19)27-5/h8-10,13H,6-7,11-12H2,1-5H3,(H,23,25). The van der Waals surface area contributed by atoms with Crippen LogP contribution in [0.5, 0.6) is 11.5 Å². The molecule has 1 N–H and O–H groups in total. The molecule has 27 heavy (non-hydrogen) atoms. The Morgan fingerprint density at radius 2 is 1.59 bits per heavy atom. The first-order valence-electron chi connectivity index (χ1n) is 9.36. The normalized spacial score (nSPS) is 13.6. The maximum atomic E-state index is 13.1. The Bertz CT molecular complexity index is 833. The van der Waals surface area contributed by atoms with Gasteiger partial charge in [0.2, 0.25) is 0 Å². The molecular weight excluding hydrogens is 340 g/mol. The van der Waals surface area contributed by atoms with E-state index in [1.807, 2.05) is 13.0 Å². The summed E-state index contributed by atoms with van der Waals surface area (Å²) in [6, 6.07) is 7.49. The molecule has 1 amide bonds. The fraction of sp³-hybridized carbons (Fsp3) is 0.409. The van der Waals surface area contributed by atoms with Crippen LogP contribution in [0.2, 0.25) is 0 Å². The van der Waals surface area contributed by atoms with Crippen LogP contribution in [0.3, 0.4) is 0 Å². The SMILES string of the molecule is COc1cccc(OC)c1C(=O)Nc1c(C)cc(C)c(N2CCCC2)c1C. The molecule has 144 valence electrons. The molecule has 0 aliphatic carbocycles. The molecule has 0 spiro atoms. The van der Waals surface area contributed by atoms with Crippen LogP contribution < -0.4 is 19.7 Å². The monoisotopic (exact) mass is 368 g/mol. The van der Waals surface area contributed by atoms with Crippen LogP contribution in [0.15, 0.2) is 24.3 Å². The summed E-state index contributed by atoms with van der Waals surface area (Å²) in [4.78, 5) is 15.5. The van der Waals surface area contributed by atoms with Gasteiger partial charge in [-0.05, 0) is 62.4 Å². The van der Waals surface area contributed by atoms with Crippen molar-refractivity contribution in [3.8, 4) is 11.5 Å². The van der Waals surface area contributed by atoms with E-state index >= 15 is 0 Å². The third-order valence-electron chi connectivity index (χ3n) is 5.25. The highest BCUT2D eigenvalue weighted by Crippen LogP contribution is 2.36. The van der Waals surface area contributed by atoms with E-state index in [1.165, 1.54) is 24.1 Å². The molecular formula is C22H28N2O3. The third kappa shape index (κ3) is 3.59. The number of nitrogens with one attached hydrogen (secondary N) is 1. The molecule has 2 aromatic carbocycles. The van der Waals surface area contributed by atoms with E-state index in [0.717, 1.165) is 29.9 Å². The van der Waals surface area contributed by atoms with Gasteiger partial charge < -0.3 is 19.7 Å². The average molecular weight is 368 g/mol. The highest BCUT2D eigenvalue weighted by Gasteiger charge is 2.23. The highest BCUT2D eigenvalue weighted by atomic mass is 16.5. The largest absolute Gasteiger partial charge is 0.496 e. The minimum atomic E-state index is -0.230. The van der Waals surface area contributed by atoms with E-state index < -0.39 is 0 Å². The first kappa shape index (κ1) is 19.1. The molecule has 1 heterocycles. The molecule has 5 heteroatoms. The summed E-state index contributed by atoms with van der Waals surface area (Å²) < 4.78 is 10.8. The second kappa shape index (κ2) is 7.91. The summed E-state index contributed by atoms with van der Waals surface area (Å²) in [7, 11) is 3.11. The molecule has 3 rings (SSSR count). The molecule has 0 saturated carbocycles. The Labute approximate surface area is 161 Å². The maximum absolute atomic E-state index is 13.1. The van der Waals surface area contributed by atoms with Gasteiger partial charge in [-0.15, -0.1) is 0 Å². The number of rotatable bonds is 5. The van der Waals surface area contributed by atoms with Crippen molar-refractivity contribution in [2.24, 2.45) is 0 Å². The first-order chi connectivity index (χ1) is 13.0. The molecule has 0 unspecified atom stereocenters. The highest BCUT2D eigenvalue weighted by molar-refractivity contribution is 6.09. The molecule has 2 aromatic rings. The van der Waals surface area contributed by atoms with E-state index in [9.17, 15) is 4.79 Å². The lowest BCUT2D eigenvalue weighted by molar-refractivity contribution is 0.102. The number of anilines is 2. The van der Waals surface area contributed by atoms with Crippen molar-refractivity contribution in [3.05, 3.63) is 46.5 Å². The maximum Gasteiger partial charge on any atom is 0.263 e. The van der Waals surface area contributed by atoms with E-state index in [4.69, 9.17) is 9.47 Å². The Morgan fingerprint density at radius 1 is 1.00 bits per heavy atom. The van der Waals surface area contributed by atoms with E-state index in [2.05, 4.69) is 30.1 Å². The number of aryl methyl sites for hydroxylation is 2. The number of methoxy groups -OCH3 is 2. The van der Waals surface area contributed by atoms with Crippen molar-refractivity contribution >= 4 is 17.3 Å². The van der Waals surface area contributed by atoms with E-state index in [0.29, 0.717) is 17.1 Å². The van der Waals surface area contributed by atoms with Crippen LogP contribution in [-0.2, 0) is 0 Å². The van der Waals surface area contributed by atoms with Gasteiger partial charge in [-0.3, -0.25) is 4.79 Å². The van der Waals surface area contributed by atoms with Gasteiger partial charge in [0, 0.05) is 24.5 Å². The van der Waals surface area contributed by atoms with Crippen LogP contribution in [-0.4, -0.2) is 33.2 Å². The average Bonchev–Trinajstić information content (AvgIpc) is 3.18. The quantitative estimate of drug-likeness (QED) is 0.845. The lowest BCUT2D eigenvalue weighted by Crippen LogP contribution is -2.22. The van der Waals surface area contributed by atoms with Crippen molar-refractivity contribution < 1.29 is 14.3 Å². The Hall–Kier alpha value is -2.69. The van der Waals surface area contributed by atoms with E-state index in [1.54, 1.807) is 26.4 Å². The number of carbonyl (C=O) groups excluding carboxylic acids is 1. The Kier molecular flexibility index (Phi) is 5.59. The molecule has 0 radical (unpaired) electrons. The second-order valence-electron chi connectivity index (χ2n) is 7.04. The van der Waals surface area contributed by atoms with Crippen molar-refractivity contribution in [3.63, 3.8) is 0 Å². The summed E-state index contributed by atoms with van der Waals surface area (Å²) in [6.45, 7) is 8.39. The molecule has 1 aliphatic rings. The van der Waals surface area contributed by atoms with E-state index in [-0.39, 0.29) is 5.91 Å². The number of hydrogen-bond donors (Lipinski definition) is 1. The summed E-state index contributed by atoms with van der Waals surface area (Å²) in [5.41, 5.74) is 5.91. The third-order valence-corrected chi connectivity index (χ3v) is 5.25. The van der Waals surface area contributed by atoms with Crippen molar-refractivity contribution in [1.82, 2.24) is 0 Å². The number of ether oxygens (including phenoxy) is 2. The van der Waals surface area contributed by atoms with Crippen LogP contribution in [0.4, 0.5) is 11.4 Å². The molecule has 0 bridgehead atoms. The molecule has 5 nitrogen and oxygen atoms in total. The fourth-order valence-electron chi connectivity index (χ4n) is 4.05. The van der Waals surface area contributed by atoms with Gasteiger partial charge in [-0.2, -0.15) is 0 Å². The van der Waals surface area contributed by atoms with Gasteiger partial charge in [0.05, 0.1) is 14.2 Å². The fourth-order valence-corrected chi connectivity index (χ4v) is 4.05. The topological polar surface area (TPSA) is 50.8 Å². The van der Waals surface area contributed by atoms with Crippen molar-refractivity contribution in [2.45, 2.75) is 33.6 Å². The Balaban J connectivity index is 2.01. The molecule has 0 aromatic heterocycles. The van der Waals surface area contributed by atoms with Crippen LogP contribution >= 0.6 is 0 Å². The van der Waals surface area contributed by atoms with Gasteiger partial charge in [-0.1, -0.05) is 12.1 Å². The van der Waals surface area contributed by atoms with Gasteiger partial charge >= 0.3 is 0 Å². The predicted molar refractivity (Wildman–Crippen MR) is 110 cm³/mol. The van der Waals surface area contributed by atoms with Gasteiger partial charge in [0.25, 0.3) is 5.91 Å². The number of hydrogen-bond acceptors (Lipinski definition) is 4. The molecule has 0 atom stereocenters. The van der Waals surface area contributed by atoms with Gasteiger partial charge in [-0.25, -0.2) is 0 Å². The summed E-state index contributed by atoms with van der Waals surface area (Å²) in [6.07, 6.45) is 2.43. The Morgan fingerprint density at radius 3 is 2.15 bits per heavy atom. The molecule has 1 saturated heterocycles. The number of nitrogens with zero attached hydrogens (tertiary/aromatic N) is 1. The number of amides is 1. The zero-order valence-corrected chi connectivity index (χ0v) is 16.8. The smallest absolute Gasteiger partial charge is 0.263 e. The number of benzene rings is 2. The van der Waals surface area contributed by atoms with Crippen LogP contribution in [0.25, 0.3) is 0 Å². The zero-order chi connectivity index (χ0) is 19.6. The second-order valence-corrected chi connectivity index (χ2v) is 7.04. The lowest BCUT2D eigenvalue weighted by Gasteiger charge is -2.26. The van der Waals surface area contributed by atoms with Crippen LogP contribution in [0.1, 0.15) is 39.9 Å².